The van der Waals surface area contributed by atoms with Gasteiger partial charge in [-0.25, -0.2) is 0 Å². The van der Waals surface area contributed by atoms with Crippen LogP contribution in [0.3, 0.4) is 0 Å². The van der Waals surface area contributed by atoms with Crippen molar-refractivity contribution in [3.63, 3.8) is 0 Å². The van der Waals surface area contributed by atoms with Crippen LogP contribution in [0.15, 0.2) is 0 Å². The van der Waals surface area contributed by atoms with E-state index in [0.29, 0.717) is 19.3 Å². The summed E-state index contributed by atoms with van der Waals surface area (Å²) in [6, 6.07) is 0. The van der Waals surface area contributed by atoms with Gasteiger partial charge in [0.05, 0.1) is 32.5 Å². The smallest absolute Gasteiger partial charge is 0.168 e. The second-order valence-electron chi connectivity index (χ2n) is 5.14. The predicted molar refractivity (Wildman–Crippen MR) is 68.6 cm³/mol. The standard InChI is InChI=1S/C14H26O4/c1-2-3-8-15-9-10-16-13-4-6-14(7-5-13)17-11-12-18-14/h13H,2-12H2,1H3. The lowest BCUT2D eigenvalue weighted by Crippen LogP contribution is -2.37. The van der Waals surface area contributed by atoms with E-state index in [4.69, 9.17) is 18.9 Å². The Bertz CT molecular complexity index is 216. The summed E-state index contributed by atoms with van der Waals surface area (Å²) in [5.41, 5.74) is 0. The highest BCUT2D eigenvalue weighted by Gasteiger charge is 2.40. The third-order valence-electron chi connectivity index (χ3n) is 3.73. The highest BCUT2D eigenvalue weighted by molar-refractivity contribution is 4.82. The van der Waals surface area contributed by atoms with Crippen molar-refractivity contribution in [3.8, 4) is 0 Å². The predicted octanol–water partition coefficient (Wildman–Crippen LogP) is 2.51. The average molecular weight is 258 g/mol. The summed E-state index contributed by atoms with van der Waals surface area (Å²) in [7, 11) is 0. The highest BCUT2D eigenvalue weighted by Crippen LogP contribution is 2.36. The fourth-order valence-corrected chi connectivity index (χ4v) is 2.61. The number of ether oxygens (including phenoxy) is 4. The molecule has 1 aliphatic carbocycles. The summed E-state index contributed by atoms with van der Waals surface area (Å²) >= 11 is 0. The molecular weight excluding hydrogens is 232 g/mol. The Labute approximate surface area is 110 Å². The van der Waals surface area contributed by atoms with E-state index in [1.165, 1.54) is 6.42 Å². The Kier molecular flexibility index (Phi) is 5.89. The highest BCUT2D eigenvalue weighted by atomic mass is 16.7. The molecule has 1 saturated carbocycles. The maximum atomic E-state index is 5.83. The minimum Gasteiger partial charge on any atom is -0.379 e. The molecule has 106 valence electrons. The molecule has 0 N–H and O–H groups in total. The van der Waals surface area contributed by atoms with E-state index >= 15 is 0 Å². The number of unbranched alkanes of at least 4 members (excludes halogenated alkanes) is 1. The van der Waals surface area contributed by atoms with Gasteiger partial charge >= 0.3 is 0 Å². The molecule has 0 aromatic rings. The van der Waals surface area contributed by atoms with Gasteiger partial charge in [-0.05, 0) is 19.3 Å². The van der Waals surface area contributed by atoms with Crippen molar-refractivity contribution >= 4 is 0 Å². The van der Waals surface area contributed by atoms with Crippen LogP contribution in [0.25, 0.3) is 0 Å². The van der Waals surface area contributed by atoms with Crippen LogP contribution in [0.4, 0.5) is 0 Å². The van der Waals surface area contributed by atoms with Crippen molar-refractivity contribution in [1.29, 1.82) is 0 Å². The molecular formula is C14H26O4. The fraction of sp³-hybridized carbons (Fsp3) is 1.00. The molecule has 2 fully saturated rings. The molecule has 1 saturated heterocycles. The van der Waals surface area contributed by atoms with E-state index in [1.54, 1.807) is 0 Å². The maximum Gasteiger partial charge on any atom is 0.168 e. The molecule has 1 heterocycles. The zero-order valence-electron chi connectivity index (χ0n) is 11.5. The lowest BCUT2D eigenvalue weighted by atomic mass is 9.92. The average Bonchev–Trinajstić information content (AvgIpc) is 2.85. The van der Waals surface area contributed by atoms with Gasteiger partial charge in [0, 0.05) is 19.4 Å². The monoisotopic (exact) mass is 258 g/mol. The molecule has 0 unspecified atom stereocenters. The van der Waals surface area contributed by atoms with E-state index in [1.807, 2.05) is 0 Å². The van der Waals surface area contributed by atoms with Crippen LogP contribution < -0.4 is 0 Å². The summed E-state index contributed by atoms with van der Waals surface area (Å²) in [4.78, 5) is 0. The van der Waals surface area contributed by atoms with E-state index < -0.39 is 0 Å². The van der Waals surface area contributed by atoms with Crippen molar-refractivity contribution in [2.45, 2.75) is 57.3 Å². The molecule has 0 atom stereocenters. The Morgan fingerprint density at radius 1 is 1.06 bits per heavy atom. The van der Waals surface area contributed by atoms with Crippen molar-refractivity contribution in [2.75, 3.05) is 33.0 Å². The molecule has 2 rings (SSSR count). The topological polar surface area (TPSA) is 36.9 Å². The van der Waals surface area contributed by atoms with Gasteiger partial charge in [0.25, 0.3) is 0 Å². The zero-order chi connectivity index (χ0) is 12.7. The van der Waals surface area contributed by atoms with Crippen LogP contribution in [0.5, 0.6) is 0 Å². The van der Waals surface area contributed by atoms with Crippen LogP contribution >= 0.6 is 0 Å². The molecule has 4 nitrogen and oxygen atoms in total. The fourth-order valence-electron chi connectivity index (χ4n) is 2.61. The van der Waals surface area contributed by atoms with Gasteiger partial charge in [-0.3, -0.25) is 0 Å². The lowest BCUT2D eigenvalue weighted by molar-refractivity contribution is -0.192. The van der Waals surface area contributed by atoms with Gasteiger partial charge in [0.1, 0.15) is 0 Å². The molecule has 1 aliphatic heterocycles. The Balaban J connectivity index is 1.51. The Hall–Kier alpha value is -0.160. The maximum absolute atomic E-state index is 5.83. The minimum absolute atomic E-state index is 0.266. The first kappa shape index (κ1) is 14.3. The van der Waals surface area contributed by atoms with Crippen molar-refractivity contribution in [2.24, 2.45) is 0 Å². The second-order valence-corrected chi connectivity index (χ2v) is 5.14. The first-order valence-electron chi connectivity index (χ1n) is 7.32. The van der Waals surface area contributed by atoms with Gasteiger partial charge in [-0.2, -0.15) is 0 Å². The molecule has 1 spiro atoms. The van der Waals surface area contributed by atoms with Crippen molar-refractivity contribution in [1.82, 2.24) is 0 Å². The largest absolute Gasteiger partial charge is 0.379 e. The molecule has 0 aromatic carbocycles. The van der Waals surface area contributed by atoms with Crippen LogP contribution in [0.1, 0.15) is 45.4 Å². The van der Waals surface area contributed by atoms with Gasteiger partial charge < -0.3 is 18.9 Å². The minimum atomic E-state index is -0.266. The van der Waals surface area contributed by atoms with E-state index in [-0.39, 0.29) is 5.79 Å². The number of rotatable bonds is 7. The van der Waals surface area contributed by atoms with Crippen molar-refractivity contribution < 1.29 is 18.9 Å². The molecule has 0 bridgehead atoms. The summed E-state index contributed by atoms with van der Waals surface area (Å²) in [6.07, 6.45) is 6.69. The van der Waals surface area contributed by atoms with Gasteiger partial charge in [0.15, 0.2) is 5.79 Å². The van der Waals surface area contributed by atoms with Gasteiger partial charge in [-0.15, -0.1) is 0 Å². The molecule has 0 aromatic heterocycles. The van der Waals surface area contributed by atoms with Crippen LogP contribution in [-0.4, -0.2) is 44.9 Å². The SMILES string of the molecule is CCCCOCCOC1CCC2(CC1)OCCO2. The third-order valence-corrected chi connectivity index (χ3v) is 3.73. The lowest BCUT2D eigenvalue weighted by Gasteiger charge is -2.35. The molecule has 18 heavy (non-hydrogen) atoms. The number of hydrogen-bond acceptors (Lipinski definition) is 4. The zero-order valence-corrected chi connectivity index (χ0v) is 11.5. The summed E-state index contributed by atoms with van der Waals surface area (Å²) in [5, 5.41) is 0. The van der Waals surface area contributed by atoms with Gasteiger partial charge in [0.2, 0.25) is 0 Å². The quantitative estimate of drug-likeness (QED) is 0.657. The van der Waals surface area contributed by atoms with Gasteiger partial charge in [-0.1, -0.05) is 13.3 Å². The normalized spacial score (nSPS) is 23.8. The van der Waals surface area contributed by atoms with E-state index in [0.717, 1.165) is 51.9 Å². The van der Waals surface area contributed by atoms with E-state index in [2.05, 4.69) is 6.92 Å². The summed E-state index contributed by atoms with van der Waals surface area (Å²) in [5.74, 6) is -0.266. The molecule has 0 amide bonds. The van der Waals surface area contributed by atoms with Crippen LogP contribution in [0.2, 0.25) is 0 Å². The Morgan fingerprint density at radius 3 is 2.44 bits per heavy atom. The number of hydrogen-bond donors (Lipinski definition) is 0. The van der Waals surface area contributed by atoms with Crippen molar-refractivity contribution in [3.05, 3.63) is 0 Å². The van der Waals surface area contributed by atoms with Crippen LogP contribution in [0, 0.1) is 0 Å². The Morgan fingerprint density at radius 2 is 1.78 bits per heavy atom. The third kappa shape index (κ3) is 4.19. The molecule has 2 aliphatic rings. The van der Waals surface area contributed by atoms with Crippen LogP contribution in [-0.2, 0) is 18.9 Å². The summed E-state index contributed by atoms with van der Waals surface area (Å²) < 4.78 is 22.7. The summed E-state index contributed by atoms with van der Waals surface area (Å²) in [6.45, 7) is 5.95. The van der Waals surface area contributed by atoms with E-state index in [9.17, 15) is 0 Å². The molecule has 4 heteroatoms. The first-order chi connectivity index (χ1) is 8.85. The second kappa shape index (κ2) is 7.43. The molecule has 0 radical (unpaired) electrons. The first-order valence-corrected chi connectivity index (χ1v) is 7.32.